The molecule has 0 radical (unpaired) electrons. The number of piperazine rings is 1. The third kappa shape index (κ3) is 8.46. The number of carbonyl (C=O) groups excluding carboxylic acids is 3. The Hall–Kier alpha value is -4.15. The normalized spacial score (nSPS) is 16.0. The van der Waals surface area contributed by atoms with Gasteiger partial charge >= 0.3 is 12.2 Å². The van der Waals surface area contributed by atoms with Crippen LogP contribution in [-0.2, 0) is 9.47 Å². The number of hydrogen-bond acceptors (Lipinski definition) is 6. The molecule has 232 valence electrons. The first-order valence-electron chi connectivity index (χ1n) is 14.4. The van der Waals surface area contributed by atoms with Crippen LogP contribution in [0.5, 0.6) is 0 Å². The largest absolute Gasteiger partial charge is 0.444 e. The van der Waals surface area contributed by atoms with Crippen LogP contribution in [0, 0.1) is 11.6 Å². The first-order chi connectivity index (χ1) is 20.1. The van der Waals surface area contributed by atoms with Crippen LogP contribution >= 0.6 is 0 Å². The topological polar surface area (TPSA) is 91.4 Å². The third-order valence-electron chi connectivity index (χ3n) is 6.92. The second-order valence-electron chi connectivity index (χ2n) is 12.7. The lowest BCUT2D eigenvalue weighted by molar-refractivity contribution is 0.0237. The van der Waals surface area contributed by atoms with E-state index in [4.69, 9.17) is 9.47 Å². The predicted molar refractivity (Wildman–Crippen MR) is 161 cm³/mol. The van der Waals surface area contributed by atoms with E-state index in [9.17, 15) is 14.4 Å². The number of rotatable bonds is 4. The highest BCUT2D eigenvalue weighted by molar-refractivity contribution is 6.04. The molecule has 9 nitrogen and oxygen atoms in total. The number of amides is 3. The molecule has 1 N–H and O–H groups in total. The van der Waals surface area contributed by atoms with Gasteiger partial charge in [0.1, 0.15) is 22.8 Å². The summed E-state index contributed by atoms with van der Waals surface area (Å²) in [7, 11) is 0. The van der Waals surface area contributed by atoms with Gasteiger partial charge in [0.15, 0.2) is 0 Å². The highest BCUT2D eigenvalue weighted by Crippen LogP contribution is 2.28. The number of benzene rings is 2. The zero-order valence-corrected chi connectivity index (χ0v) is 25.6. The van der Waals surface area contributed by atoms with Crippen molar-refractivity contribution in [2.24, 2.45) is 0 Å². The first-order valence-corrected chi connectivity index (χ1v) is 14.4. The van der Waals surface area contributed by atoms with Crippen LogP contribution in [0.25, 0.3) is 5.57 Å². The Labute approximate surface area is 251 Å². The lowest BCUT2D eigenvalue weighted by Crippen LogP contribution is -2.50. The molecule has 43 heavy (non-hydrogen) atoms. The van der Waals surface area contributed by atoms with Gasteiger partial charge in [-0.15, -0.1) is 0 Å². The fraction of sp³-hybridized carbons (Fsp3) is 0.469. The summed E-state index contributed by atoms with van der Waals surface area (Å²) < 4.78 is 40.9. The highest BCUT2D eigenvalue weighted by Gasteiger charge is 2.28. The fourth-order valence-electron chi connectivity index (χ4n) is 4.82. The van der Waals surface area contributed by atoms with Crippen molar-refractivity contribution in [1.82, 2.24) is 9.80 Å². The van der Waals surface area contributed by atoms with E-state index in [0.717, 1.165) is 11.6 Å². The van der Waals surface area contributed by atoms with E-state index in [0.29, 0.717) is 56.9 Å². The lowest BCUT2D eigenvalue weighted by atomic mass is 9.97. The number of carbonyl (C=O) groups is 3. The number of nitrogens with zero attached hydrogens (tertiary/aromatic N) is 3. The molecule has 2 aliphatic heterocycles. The smallest absolute Gasteiger partial charge is 0.410 e. The van der Waals surface area contributed by atoms with E-state index in [1.165, 1.54) is 12.1 Å². The van der Waals surface area contributed by atoms with E-state index in [2.05, 4.69) is 5.32 Å². The Morgan fingerprint density at radius 2 is 1.40 bits per heavy atom. The Kier molecular flexibility index (Phi) is 9.32. The average Bonchev–Trinajstić information content (AvgIpc) is 2.91. The number of nitrogens with one attached hydrogen (secondary N) is 1. The number of ether oxygens (including phenoxy) is 2. The summed E-state index contributed by atoms with van der Waals surface area (Å²) in [4.78, 5) is 42.5. The minimum absolute atomic E-state index is 0.0933. The molecule has 2 aromatic rings. The lowest BCUT2D eigenvalue weighted by Gasteiger charge is -2.36. The molecule has 2 aliphatic rings. The molecule has 2 heterocycles. The number of anilines is 2. The predicted octanol–water partition coefficient (Wildman–Crippen LogP) is 6.30. The Bertz CT molecular complexity index is 1410. The number of hydrogen-bond donors (Lipinski definition) is 1. The maximum Gasteiger partial charge on any atom is 0.410 e. The van der Waals surface area contributed by atoms with Gasteiger partial charge in [-0.1, -0.05) is 12.1 Å². The monoisotopic (exact) mass is 598 g/mol. The van der Waals surface area contributed by atoms with Crippen LogP contribution in [0.3, 0.4) is 0 Å². The van der Waals surface area contributed by atoms with Crippen molar-refractivity contribution < 1.29 is 32.6 Å². The van der Waals surface area contributed by atoms with Crippen LogP contribution in [0.4, 0.5) is 29.7 Å². The quantitative estimate of drug-likeness (QED) is 0.444. The molecular formula is C32H40F2N4O5. The van der Waals surface area contributed by atoms with Crippen molar-refractivity contribution in [1.29, 1.82) is 0 Å². The Balaban J connectivity index is 1.34. The van der Waals surface area contributed by atoms with Crippen LogP contribution in [0.1, 0.15) is 63.9 Å². The van der Waals surface area contributed by atoms with Gasteiger partial charge in [-0.3, -0.25) is 4.79 Å². The summed E-state index contributed by atoms with van der Waals surface area (Å²) in [6, 6.07) is 8.60. The van der Waals surface area contributed by atoms with E-state index in [1.54, 1.807) is 75.6 Å². The van der Waals surface area contributed by atoms with Gasteiger partial charge in [0.2, 0.25) is 0 Å². The van der Waals surface area contributed by atoms with E-state index < -0.39 is 40.9 Å². The summed E-state index contributed by atoms with van der Waals surface area (Å²) in [5.41, 5.74) is 0.613. The molecular weight excluding hydrogens is 558 g/mol. The molecule has 3 amide bonds. The minimum Gasteiger partial charge on any atom is -0.444 e. The molecule has 0 atom stereocenters. The van der Waals surface area contributed by atoms with Crippen LogP contribution in [0.2, 0.25) is 0 Å². The molecule has 0 bridgehead atoms. The molecule has 4 rings (SSSR count). The zero-order valence-electron chi connectivity index (χ0n) is 25.6. The fourth-order valence-corrected chi connectivity index (χ4v) is 4.82. The molecule has 2 aromatic carbocycles. The van der Waals surface area contributed by atoms with Gasteiger partial charge in [-0.2, -0.15) is 0 Å². The minimum atomic E-state index is -0.599. The van der Waals surface area contributed by atoms with Crippen LogP contribution < -0.4 is 10.2 Å². The second kappa shape index (κ2) is 12.6. The molecule has 1 saturated heterocycles. The van der Waals surface area contributed by atoms with E-state index in [-0.39, 0.29) is 11.3 Å². The summed E-state index contributed by atoms with van der Waals surface area (Å²) >= 11 is 0. The summed E-state index contributed by atoms with van der Waals surface area (Å²) in [6.45, 7) is 13.2. The van der Waals surface area contributed by atoms with Gasteiger partial charge in [0, 0.05) is 56.1 Å². The third-order valence-corrected chi connectivity index (χ3v) is 6.92. The van der Waals surface area contributed by atoms with Gasteiger partial charge in [0.25, 0.3) is 5.91 Å². The van der Waals surface area contributed by atoms with Gasteiger partial charge < -0.3 is 29.5 Å². The van der Waals surface area contributed by atoms with Crippen molar-refractivity contribution in [2.75, 3.05) is 49.5 Å². The molecule has 0 aromatic heterocycles. The van der Waals surface area contributed by atoms with Crippen molar-refractivity contribution in [2.45, 2.75) is 59.2 Å². The Morgan fingerprint density at radius 3 is 1.93 bits per heavy atom. The standard InChI is InChI=1S/C32H40F2N4O5/c1-31(2,3)42-29(40)37-13-11-21(12-14-37)24-9-7-22(19-25(24)33)28(39)35-23-8-10-27(26(34)20-23)36-15-17-38(18-16-36)30(41)43-32(4,5)6/h7-11,19-20H,12-18H2,1-6H3,(H,35,39). The van der Waals surface area contributed by atoms with Gasteiger partial charge in [-0.25, -0.2) is 18.4 Å². The van der Waals surface area contributed by atoms with Gasteiger partial charge in [-0.05, 0) is 83.9 Å². The van der Waals surface area contributed by atoms with E-state index >= 15 is 8.78 Å². The molecule has 0 spiro atoms. The van der Waals surface area contributed by atoms with Crippen molar-refractivity contribution in [3.8, 4) is 0 Å². The average molecular weight is 599 g/mol. The molecule has 1 fully saturated rings. The summed E-state index contributed by atoms with van der Waals surface area (Å²) in [5.74, 6) is -1.65. The molecule has 11 heteroatoms. The van der Waals surface area contributed by atoms with Crippen LogP contribution in [0.15, 0.2) is 42.5 Å². The molecule has 0 aliphatic carbocycles. The molecule has 0 unspecified atom stereocenters. The maximum absolute atomic E-state index is 15.1. The van der Waals surface area contributed by atoms with E-state index in [1.807, 2.05) is 4.90 Å². The highest BCUT2D eigenvalue weighted by atomic mass is 19.1. The summed E-state index contributed by atoms with van der Waals surface area (Å²) in [5, 5.41) is 2.63. The maximum atomic E-state index is 15.1. The van der Waals surface area contributed by atoms with Crippen molar-refractivity contribution >= 4 is 35.0 Å². The van der Waals surface area contributed by atoms with Gasteiger partial charge in [0.05, 0.1) is 5.69 Å². The first kappa shape index (κ1) is 31.8. The molecule has 0 saturated carbocycles. The summed E-state index contributed by atoms with van der Waals surface area (Å²) in [6.07, 6.45) is 1.42. The Morgan fingerprint density at radius 1 is 0.767 bits per heavy atom. The second-order valence-corrected chi connectivity index (χ2v) is 12.7. The van der Waals surface area contributed by atoms with Crippen LogP contribution in [-0.4, -0.2) is 78.4 Å². The van der Waals surface area contributed by atoms with Crippen molar-refractivity contribution in [3.05, 3.63) is 65.2 Å². The zero-order chi connectivity index (χ0) is 31.5. The van der Waals surface area contributed by atoms with Crippen molar-refractivity contribution in [3.63, 3.8) is 0 Å². The number of halogens is 2. The SMILES string of the molecule is CC(C)(C)OC(=O)N1CC=C(c2ccc(C(=O)Nc3ccc(N4CCN(C(=O)OC(C)(C)C)CC4)c(F)c3)cc2F)CC1.